The third-order valence-electron chi connectivity index (χ3n) is 2.63. The van der Waals surface area contributed by atoms with E-state index in [1.807, 2.05) is 0 Å². The van der Waals surface area contributed by atoms with Gasteiger partial charge in [0.1, 0.15) is 5.82 Å². The molecule has 0 heterocycles. The lowest BCUT2D eigenvalue weighted by atomic mass is 9.93. The van der Waals surface area contributed by atoms with E-state index in [0.717, 1.165) is 5.56 Å². The molecule has 1 atom stereocenters. The van der Waals surface area contributed by atoms with Crippen molar-refractivity contribution in [2.45, 2.75) is 13.3 Å². The van der Waals surface area contributed by atoms with Gasteiger partial charge in [-0.2, -0.15) is 0 Å². The normalized spacial score (nSPS) is 11.7. The second-order valence-electron chi connectivity index (χ2n) is 4.07. The quantitative estimate of drug-likeness (QED) is 0.348. The van der Waals surface area contributed by atoms with E-state index in [-0.39, 0.29) is 17.2 Å². The van der Waals surface area contributed by atoms with E-state index in [2.05, 4.69) is 11.3 Å². The van der Waals surface area contributed by atoms with Crippen LogP contribution in [0.4, 0.5) is 4.39 Å². The number of rotatable bonds is 5. The first-order chi connectivity index (χ1) is 8.45. The minimum absolute atomic E-state index is 0.160. The topological polar surface area (TPSA) is 43.4 Å². The van der Waals surface area contributed by atoms with Crippen LogP contribution in [0.15, 0.2) is 36.4 Å². The van der Waals surface area contributed by atoms with E-state index in [0.29, 0.717) is 6.42 Å². The number of methoxy groups -OCH3 is 1. The highest BCUT2D eigenvalue weighted by Gasteiger charge is 2.22. The van der Waals surface area contributed by atoms with E-state index in [9.17, 15) is 14.0 Å². The average Bonchev–Trinajstić information content (AvgIpc) is 2.38. The highest BCUT2D eigenvalue weighted by Crippen LogP contribution is 2.14. The maximum Gasteiger partial charge on any atom is 0.340 e. The molecule has 0 aromatic heterocycles. The SMILES string of the molecule is C=C(C(=O)OC)C(=O)C(C)Cc1ccc(F)cc1. The number of carbonyl (C=O) groups is 2. The molecule has 0 bridgehead atoms. The Morgan fingerprint density at radius 3 is 2.39 bits per heavy atom. The van der Waals surface area contributed by atoms with Gasteiger partial charge in [0.15, 0.2) is 5.78 Å². The van der Waals surface area contributed by atoms with Crippen LogP contribution in [-0.4, -0.2) is 18.9 Å². The fourth-order valence-corrected chi connectivity index (χ4v) is 1.59. The number of esters is 1. The van der Waals surface area contributed by atoms with Gasteiger partial charge in [-0.25, -0.2) is 9.18 Å². The van der Waals surface area contributed by atoms with E-state index < -0.39 is 11.9 Å². The Hall–Kier alpha value is -1.97. The number of hydrogen-bond donors (Lipinski definition) is 0. The predicted octanol–water partition coefficient (Wildman–Crippen LogP) is 2.30. The van der Waals surface area contributed by atoms with Gasteiger partial charge in [-0.3, -0.25) is 4.79 Å². The average molecular weight is 250 g/mol. The Labute approximate surface area is 105 Å². The molecule has 3 nitrogen and oxygen atoms in total. The maximum atomic E-state index is 12.7. The van der Waals surface area contributed by atoms with Crippen LogP contribution in [0.2, 0.25) is 0 Å². The van der Waals surface area contributed by atoms with Gasteiger partial charge < -0.3 is 4.74 Å². The molecule has 1 unspecified atom stereocenters. The summed E-state index contributed by atoms with van der Waals surface area (Å²) < 4.78 is 17.2. The summed E-state index contributed by atoms with van der Waals surface area (Å²) in [6.07, 6.45) is 0.426. The standard InChI is InChI=1S/C14H15FO3/c1-9(13(16)10(2)14(17)18-3)8-11-4-6-12(15)7-5-11/h4-7,9H,2,8H2,1,3H3. The van der Waals surface area contributed by atoms with Crippen molar-refractivity contribution in [2.24, 2.45) is 5.92 Å². The molecule has 0 aliphatic rings. The summed E-state index contributed by atoms with van der Waals surface area (Å²) in [6.45, 7) is 5.11. The third kappa shape index (κ3) is 3.52. The van der Waals surface area contributed by atoms with Crippen molar-refractivity contribution >= 4 is 11.8 Å². The van der Waals surface area contributed by atoms with E-state index in [1.165, 1.54) is 19.2 Å². The van der Waals surface area contributed by atoms with Crippen molar-refractivity contribution in [2.75, 3.05) is 7.11 Å². The molecule has 0 fully saturated rings. The van der Waals surface area contributed by atoms with Crippen molar-refractivity contribution in [1.29, 1.82) is 0 Å². The lowest BCUT2D eigenvalue weighted by Crippen LogP contribution is -2.21. The van der Waals surface area contributed by atoms with Crippen molar-refractivity contribution in [3.8, 4) is 0 Å². The first kappa shape index (κ1) is 14.1. The van der Waals surface area contributed by atoms with Crippen LogP contribution >= 0.6 is 0 Å². The number of ether oxygens (including phenoxy) is 1. The van der Waals surface area contributed by atoms with E-state index in [1.54, 1.807) is 19.1 Å². The van der Waals surface area contributed by atoms with Crippen LogP contribution in [0, 0.1) is 11.7 Å². The van der Waals surface area contributed by atoms with Crippen LogP contribution in [0.1, 0.15) is 12.5 Å². The zero-order valence-corrected chi connectivity index (χ0v) is 10.4. The lowest BCUT2D eigenvalue weighted by Gasteiger charge is -2.11. The number of hydrogen-bond acceptors (Lipinski definition) is 3. The molecule has 0 saturated carbocycles. The summed E-state index contributed by atoms with van der Waals surface area (Å²) in [5.74, 6) is -1.80. The van der Waals surface area contributed by atoms with Crippen molar-refractivity contribution in [1.82, 2.24) is 0 Å². The van der Waals surface area contributed by atoms with Crippen LogP contribution < -0.4 is 0 Å². The number of halogens is 1. The number of benzene rings is 1. The highest BCUT2D eigenvalue weighted by molar-refractivity contribution is 6.17. The number of Topliss-reactive ketones (excluding diaryl/α,β-unsaturated/α-hetero) is 1. The van der Waals surface area contributed by atoms with E-state index in [4.69, 9.17) is 0 Å². The molecule has 18 heavy (non-hydrogen) atoms. The molecule has 96 valence electrons. The van der Waals surface area contributed by atoms with Gasteiger partial charge in [-0.1, -0.05) is 25.6 Å². The molecule has 0 N–H and O–H groups in total. The molecule has 4 heteroatoms. The van der Waals surface area contributed by atoms with Gasteiger partial charge in [-0.15, -0.1) is 0 Å². The predicted molar refractivity (Wildman–Crippen MR) is 65.4 cm³/mol. The molecular weight excluding hydrogens is 235 g/mol. The number of carbonyl (C=O) groups excluding carboxylic acids is 2. The second-order valence-corrected chi connectivity index (χ2v) is 4.07. The minimum Gasteiger partial charge on any atom is -0.465 e. The molecule has 0 aliphatic heterocycles. The molecule has 0 saturated heterocycles. The van der Waals surface area contributed by atoms with Crippen molar-refractivity contribution in [3.63, 3.8) is 0 Å². The van der Waals surface area contributed by atoms with Crippen molar-refractivity contribution in [3.05, 3.63) is 47.8 Å². The van der Waals surface area contributed by atoms with Crippen molar-refractivity contribution < 1.29 is 18.7 Å². The zero-order chi connectivity index (χ0) is 13.7. The molecular formula is C14H15FO3. The first-order valence-electron chi connectivity index (χ1n) is 5.51. The second kappa shape index (κ2) is 6.10. The van der Waals surface area contributed by atoms with Gasteiger partial charge in [0, 0.05) is 5.92 Å². The van der Waals surface area contributed by atoms with E-state index >= 15 is 0 Å². The fraction of sp³-hybridized carbons (Fsp3) is 0.286. The summed E-state index contributed by atoms with van der Waals surface area (Å²) in [5, 5.41) is 0. The fourth-order valence-electron chi connectivity index (χ4n) is 1.59. The molecule has 1 aromatic rings. The summed E-state index contributed by atoms with van der Waals surface area (Å²) in [6, 6.07) is 5.89. The Morgan fingerprint density at radius 2 is 1.89 bits per heavy atom. The largest absolute Gasteiger partial charge is 0.465 e. The molecule has 0 aliphatic carbocycles. The lowest BCUT2D eigenvalue weighted by molar-refractivity contribution is -0.138. The zero-order valence-electron chi connectivity index (χ0n) is 10.4. The Kier molecular flexibility index (Phi) is 4.77. The Bertz CT molecular complexity index is 462. The van der Waals surface area contributed by atoms with Crippen LogP contribution in [0.25, 0.3) is 0 Å². The number of ketones is 1. The molecule has 0 amide bonds. The first-order valence-corrected chi connectivity index (χ1v) is 5.51. The van der Waals surface area contributed by atoms with Gasteiger partial charge >= 0.3 is 5.97 Å². The van der Waals surface area contributed by atoms with Gasteiger partial charge in [0.25, 0.3) is 0 Å². The summed E-state index contributed by atoms with van der Waals surface area (Å²) in [5.41, 5.74) is 0.669. The summed E-state index contributed by atoms with van der Waals surface area (Å²) >= 11 is 0. The molecule has 1 rings (SSSR count). The Morgan fingerprint density at radius 1 is 1.33 bits per heavy atom. The molecule has 0 spiro atoms. The Balaban J connectivity index is 2.68. The van der Waals surface area contributed by atoms with Gasteiger partial charge in [-0.05, 0) is 24.1 Å². The highest BCUT2D eigenvalue weighted by atomic mass is 19.1. The molecule has 1 aromatic carbocycles. The maximum absolute atomic E-state index is 12.7. The van der Waals surface area contributed by atoms with Gasteiger partial charge in [0.05, 0.1) is 12.7 Å². The van der Waals surface area contributed by atoms with Crippen LogP contribution in [0.3, 0.4) is 0 Å². The molecule has 0 radical (unpaired) electrons. The van der Waals surface area contributed by atoms with Crippen LogP contribution in [0.5, 0.6) is 0 Å². The minimum atomic E-state index is -0.717. The van der Waals surface area contributed by atoms with Gasteiger partial charge in [0.2, 0.25) is 0 Å². The summed E-state index contributed by atoms with van der Waals surface area (Å²) in [4.78, 5) is 23.0. The third-order valence-corrected chi connectivity index (χ3v) is 2.63. The van der Waals surface area contributed by atoms with Crippen LogP contribution in [-0.2, 0) is 20.7 Å². The smallest absolute Gasteiger partial charge is 0.340 e. The summed E-state index contributed by atoms with van der Waals surface area (Å²) in [7, 11) is 1.20. The monoisotopic (exact) mass is 250 g/mol.